The molecule has 0 fully saturated rings. The Labute approximate surface area is 94.6 Å². The second kappa shape index (κ2) is 4.00. The van der Waals surface area contributed by atoms with E-state index in [1.165, 1.54) is 0 Å². The summed E-state index contributed by atoms with van der Waals surface area (Å²) in [7, 11) is 1.98. The fourth-order valence-electron chi connectivity index (χ4n) is 1.69. The first-order chi connectivity index (χ1) is 7.58. The van der Waals surface area contributed by atoms with Gasteiger partial charge in [-0.1, -0.05) is 0 Å². The van der Waals surface area contributed by atoms with Crippen molar-refractivity contribution in [3.05, 3.63) is 36.0 Å². The number of nitrogens with zero attached hydrogens (tertiary/aromatic N) is 1. The highest BCUT2D eigenvalue weighted by Crippen LogP contribution is 2.17. The van der Waals surface area contributed by atoms with E-state index < -0.39 is 0 Å². The second-order valence-electron chi connectivity index (χ2n) is 4.15. The quantitative estimate of drug-likeness (QED) is 0.724. The third-order valence-electron chi connectivity index (χ3n) is 2.46. The highest BCUT2D eigenvalue weighted by Gasteiger charge is 2.10. The zero-order valence-electron chi connectivity index (χ0n) is 9.73. The molecule has 84 valence electrons. The summed E-state index contributed by atoms with van der Waals surface area (Å²) in [6, 6.07) is 7.58. The van der Waals surface area contributed by atoms with Crippen molar-refractivity contribution in [1.29, 1.82) is 0 Å². The van der Waals surface area contributed by atoms with E-state index in [-0.39, 0.29) is 12.1 Å². The molecule has 0 atom stereocenters. The second-order valence-corrected chi connectivity index (χ2v) is 4.15. The lowest BCUT2D eigenvalue weighted by atomic mass is 10.1. The summed E-state index contributed by atoms with van der Waals surface area (Å²) >= 11 is 0. The Morgan fingerprint density at radius 1 is 1.31 bits per heavy atom. The van der Waals surface area contributed by atoms with E-state index in [1.807, 2.05) is 49.9 Å². The van der Waals surface area contributed by atoms with Crippen molar-refractivity contribution >= 4 is 16.9 Å². The highest BCUT2D eigenvalue weighted by molar-refractivity contribution is 5.94. The molecule has 2 aromatic rings. The number of carbonyl (C=O) groups excluding carboxylic acids is 1. The number of carbonyl (C=O) groups is 1. The van der Waals surface area contributed by atoms with Crippen LogP contribution in [0.2, 0.25) is 0 Å². The zero-order chi connectivity index (χ0) is 11.7. The Hall–Kier alpha value is -1.77. The van der Waals surface area contributed by atoms with Crippen LogP contribution in [0.15, 0.2) is 30.5 Å². The van der Waals surface area contributed by atoms with E-state index in [0.717, 1.165) is 10.9 Å². The minimum Gasteiger partial charge on any atom is -0.459 e. The van der Waals surface area contributed by atoms with E-state index in [4.69, 9.17) is 4.74 Å². The molecule has 0 saturated carbocycles. The van der Waals surface area contributed by atoms with Gasteiger partial charge in [0.1, 0.15) is 0 Å². The highest BCUT2D eigenvalue weighted by atomic mass is 16.5. The average Bonchev–Trinajstić information content (AvgIpc) is 2.59. The summed E-state index contributed by atoms with van der Waals surface area (Å²) in [4.78, 5) is 11.7. The largest absolute Gasteiger partial charge is 0.459 e. The molecule has 0 aliphatic heterocycles. The summed E-state index contributed by atoms with van der Waals surface area (Å²) in [5.74, 6) is -0.263. The van der Waals surface area contributed by atoms with Crippen molar-refractivity contribution in [2.75, 3.05) is 0 Å². The number of hydrogen-bond acceptors (Lipinski definition) is 2. The van der Waals surface area contributed by atoms with E-state index in [0.29, 0.717) is 5.56 Å². The molecular weight excluding hydrogens is 202 g/mol. The van der Waals surface area contributed by atoms with Gasteiger partial charge in [0.2, 0.25) is 0 Å². The standard InChI is InChI=1S/C13H15NO2/c1-9(2)16-13(15)11-4-5-12-10(8-11)6-7-14(12)3/h4-9H,1-3H3. The molecule has 0 unspecified atom stereocenters. The van der Waals surface area contributed by atoms with Crippen molar-refractivity contribution in [3.63, 3.8) is 0 Å². The van der Waals surface area contributed by atoms with E-state index in [2.05, 4.69) is 0 Å². The lowest BCUT2D eigenvalue weighted by molar-refractivity contribution is 0.0378. The Bertz CT molecular complexity index is 526. The van der Waals surface area contributed by atoms with Crippen molar-refractivity contribution in [1.82, 2.24) is 4.57 Å². The maximum absolute atomic E-state index is 11.7. The van der Waals surface area contributed by atoms with Crippen LogP contribution in [-0.2, 0) is 11.8 Å². The van der Waals surface area contributed by atoms with Crippen LogP contribution < -0.4 is 0 Å². The number of aryl methyl sites for hydroxylation is 1. The smallest absolute Gasteiger partial charge is 0.338 e. The van der Waals surface area contributed by atoms with E-state index in [1.54, 1.807) is 6.07 Å². The Balaban J connectivity index is 2.36. The number of esters is 1. The summed E-state index contributed by atoms with van der Waals surface area (Å²) in [6.45, 7) is 3.69. The van der Waals surface area contributed by atoms with Crippen LogP contribution in [0, 0.1) is 0 Å². The van der Waals surface area contributed by atoms with Gasteiger partial charge in [-0.15, -0.1) is 0 Å². The van der Waals surface area contributed by atoms with Crippen LogP contribution >= 0.6 is 0 Å². The first-order valence-electron chi connectivity index (χ1n) is 5.34. The van der Waals surface area contributed by atoms with Gasteiger partial charge in [-0.3, -0.25) is 0 Å². The molecule has 3 nitrogen and oxygen atoms in total. The van der Waals surface area contributed by atoms with E-state index in [9.17, 15) is 4.79 Å². The molecule has 0 bridgehead atoms. The van der Waals surface area contributed by atoms with Crippen molar-refractivity contribution in [2.45, 2.75) is 20.0 Å². The number of aromatic nitrogens is 1. The SMILES string of the molecule is CC(C)OC(=O)c1ccc2c(ccn2C)c1. The van der Waals surface area contributed by atoms with Gasteiger partial charge in [-0.25, -0.2) is 4.79 Å². The third kappa shape index (κ3) is 1.94. The fraction of sp³-hybridized carbons (Fsp3) is 0.308. The van der Waals surface area contributed by atoms with Crippen molar-refractivity contribution in [2.24, 2.45) is 7.05 Å². The van der Waals surface area contributed by atoms with Gasteiger partial charge >= 0.3 is 5.97 Å². The minimum atomic E-state index is -0.263. The maximum atomic E-state index is 11.7. The molecule has 0 spiro atoms. The maximum Gasteiger partial charge on any atom is 0.338 e. The van der Waals surface area contributed by atoms with Crippen LogP contribution in [0.5, 0.6) is 0 Å². The molecule has 2 rings (SSSR count). The molecule has 0 saturated heterocycles. The van der Waals surface area contributed by atoms with Crippen molar-refractivity contribution < 1.29 is 9.53 Å². The summed E-state index contributed by atoms with van der Waals surface area (Å²) in [5.41, 5.74) is 1.72. The summed E-state index contributed by atoms with van der Waals surface area (Å²) in [6.07, 6.45) is 1.89. The first-order valence-corrected chi connectivity index (χ1v) is 5.34. The number of ether oxygens (including phenoxy) is 1. The van der Waals surface area contributed by atoms with Gasteiger partial charge in [0, 0.05) is 24.1 Å². The van der Waals surface area contributed by atoms with Crippen LogP contribution in [0.3, 0.4) is 0 Å². The average molecular weight is 217 g/mol. The molecule has 16 heavy (non-hydrogen) atoms. The fourth-order valence-corrected chi connectivity index (χ4v) is 1.69. The van der Waals surface area contributed by atoms with Gasteiger partial charge in [0.25, 0.3) is 0 Å². The topological polar surface area (TPSA) is 31.2 Å². The molecule has 1 aromatic carbocycles. The number of fused-ring (bicyclic) bond motifs is 1. The summed E-state index contributed by atoms with van der Waals surface area (Å²) in [5, 5.41) is 1.06. The Morgan fingerprint density at radius 3 is 2.75 bits per heavy atom. The normalized spacial score (nSPS) is 11.0. The molecular formula is C13H15NO2. The van der Waals surface area contributed by atoms with Gasteiger partial charge in [-0.05, 0) is 38.1 Å². The molecule has 1 aromatic heterocycles. The van der Waals surface area contributed by atoms with Crippen LogP contribution in [0.1, 0.15) is 24.2 Å². The number of rotatable bonds is 2. The van der Waals surface area contributed by atoms with Crippen LogP contribution in [0.25, 0.3) is 10.9 Å². The number of benzene rings is 1. The first kappa shape index (κ1) is 10.7. The van der Waals surface area contributed by atoms with Crippen LogP contribution in [0.4, 0.5) is 0 Å². The van der Waals surface area contributed by atoms with E-state index >= 15 is 0 Å². The molecule has 0 aliphatic carbocycles. The molecule has 0 amide bonds. The van der Waals surface area contributed by atoms with Crippen LogP contribution in [-0.4, -0.2) is 16.6 Å². The summed E-state index contributed by atoms with van der Waals surface area (Å²) < 4.78 is 7.17. The van der Waals surface area contributed by atoms with Gasteiger partial charge in [0.15, 0.2) is 0 Å². The number of hydrogen-bond donors (Lipinski definition) is 0. The predicted octanol–water partition coefficient (Wildman–Crippen LogP) is 2.74. The third-order valence-corrected chi connectivity index (χ3v) is 2.46. The Morgan fingerprint density at radius 2 is 2.06 bits per heavy atom. The molecule has 0 aliphatic rings. The molecule has 1 heterocycles. The lowest BCUT2D eigenvalue weighted by Crippen LogP contribution is -2.11. The van der Waals surface area contributed by atoms with Gasteiger partial charge in [0.05, 0.1) is 11.7 Å². The van der Waals surface area contributed by atoms with Gasteiger partial charge < -0.3 is 9.30 Å². The molecule has 0 N–H and O–H groups in total. The van der Waals surface area contributed by atoms with Gasteiger partial charge in [-0.2, -0.15) is 0 Å². The minimum absolute atomic E-state index is 0.0843. The zero-order valence-corrected chi connectivity index (χ0v) is 9.73. The predicted molar refractivity (Wildman–Crippen MR) is 63.5 cm³/mol. The molecule has 0 radical (unpaired) electrons. The van der Waals surface area contributed by atoms with Crippen molar-refractivity contribution in [3.8, 4) is 0 Å². The monoisotopic (exact) mass is 217 g/mol. The Kier molecular flexibility index (Phi) is 2.69. The lowest BCUT2D eigenvalue weighted by Gasteiger charge is -2.07. The molecule has 3 heteroatoms.